The summed E-state index contributed by atoms with van der Waals surface area (Å²) in [5, 5.41) is 2.69. The van der Waals surface area contributed by atoms with Crippen LogP contribution in [0.1, 0.15) is 35.7 Å². The minimum Gasteiger partial charge on any atom is -0.425 e. The zero-order chi connectivity index (χ0) is 20.6. The second kappa shape index (κ2) is 7.16. The molecule has 2 aliphatic rings. The number of amides is 3. The van der Waals surface area contributed by atoms with E-state index in [2.05, 4.69) is 5.32 Å². The first-order chi connectivity index (χ1) is 13.9. The van der Waals surface area contributed by atoms with Gasteiger partial charge >= 0.3 is 12.0 Å². The average Bonchev–Trinajstić information content (AvgIpc) is 3.55. The minimum atomic E-state index is -0.934. The molecule has 1 aliphatic carbocycles. The summed E-state index contributed by atoms with van der Waals surface area (Å²) in [7, 11) is 0. The Bertz CT molecular complexity index is 982. The third-order valence-electron chi connectivity index (χ3n) is 5.37. The van der Waals surface area contributed by atoms with Crippen LogP contribution in [0.4, 0.5) is 4.79 Å². The number of carbonyl (C=O) groups excluding carboxylic acids is 4. The molecule has 0 unspecified atom stereocenters. The van der Waals surface area contributed by atoms with Gasteiger partial charge in [0.25, 0.3) is 5.91 Å². The maximum Gasteiger partial charge on any atom is 0.331 e. The van der Waals surface area contributed by atoms with Gasteiger partial charge in [-0.25, -0.2) is 9.59 Å². The van der Waals surface area contributed by atoms with Gasteiger partial charge in [0, 0.05) is 11.1 Å². The molecule has 1 aliphatic heterocycles. The fourth-order valence-corrected chi connectivity index (χ4v) is 3.52. The lowest BCUT2D eigenvalue weighted by atomic mass is 9.96. The number of nitrogens with one attached hydrogen (secondary N) is 1. The summed E-state index contributed by atoms with van der Waals surface area (Å²) in [5.41, 5.74) is 0.0939. The van der Waals surface area contributed by atoms with E-state index in [1.54, 1.807) is 43.3 Å². The molecule has 1 saturated carbocycles. The van der Waals surface area contributed by atoms with Crippen LogP contribution in [-0.2, 0) is 9.59 Å². The Morgan fingerprint density at radius 1 is 1.03 bits per heavy atom. The zero-order valence-corrected chi connectivity index (χ0v) is 15.9. The number of imide groups is 1. The molecule has 0 radical (unpaired) electrons. The van der Waals surface area contributed by atoms with Gasteiger partial charge in [-0.3, -0.25) is 14.5 Å². The molecule has 2 aromatic carbocycles. The van der Waals surface area contributed by atoms with Gasteiger partial charge in [0.1, 0.15) is 17.8 Å². The lowest BCUT2D eigenvalue weighted by Crippen LogP contribution is -2.46. The third-order valence-corrected chi connectivity index (χ3v) is 5.37. The number of urea groups is 1. The van der Waals surface area contributed by atoms with Crippen LogP contribution in [0.3, 0.4) is 0 Å². The van der Waals surface area contributed by atoms with Crippen molar-refractivity contribution in [2.75, 3.05) is 6.54 Å². The van der Waals surface area contributed by atoms with E-state index < -0.39 is 30.0 Å². The van der Waals surface area contributed by atoms with Gasteiger partial charge in [-0.15, -0.1) is 0 Å². The van der Waals surface area contributed by atoms with E-state index in [0.29, 0.717) is 11.1 Å². The van der Waals surface area contributed by atoms with Crippen LogP contribution in [0.15, 0.2) is 54.6 Å². The molecule has 7 nitrogen and oxygen atoms in total. The maximum atomic E-state index is 12.6. The largest absolute Gasteiger partial charge is 0.425 e. The summed E-state index contributed by atoms with van der Waals surface area (Å²) in [5.74, 6) is -0.908. The van der Waals surface area contributed by atoms with Crippen LogP contribution in [0.25, 0.3) is 0 Å². The van der Waals surface area contributed by atoms with Gasteiger partial charge in [0.05, 0.1) is 0 Å². The summed E-state index contributed by atoms with van der Waals surface area (Å²) in [6.07, 6.45) is 1.77. The van der Waals surface area contributed by atoms with Gasteiger partial charge in [-0.05, 0) is 49.9 Å². The lowest BCUT2D eigenvalue weighted by molar-refractivity contribution is -0.141. The van der Waals surface area contributed by atoms with E-state index in [9.17, 15) is 19.2 Å². The SMILES string of the molecule is C[C@]1(C2CC2)NC(=O)N(CC(=O)Oc2ccc(C(=O)c3ccccc3)cc2)C1=O. The third kappa shape index (κ3) is 3.63. The highest BCUT2D eigenvalue weighted by Gasteiger charge is 2.56. The van der Waals surface area contributed by atoms with E-state index in [1.807, 2.05) is 6.07 Å². The van der Waals surface area contributed by atoms with Crippen molar-refractivity contribution < 1.29 is 23.9 Å². The van der Waals surface area contributed by atoms with Gasteiger partial charge in [0.15, 0.2) is 5.78 Å². The summed E-state index contributed by atoms with van der Waals surface area (Å²) in [6, 6.07) is 14.4. The molecule has 3 amide bonds. The predicted octanol–water partition coefficient (Wildman–Crippen LogP) is 2.54. The van der Waals surface area contributed by atoms with Crippen molar-refractivity contribution in [2.24, 2.45) is 5.92 Å². The average molecular weight is 392 g/mol. The van der Waals surface area contributed by atoms with Crippen molar-refractivity contribution in [2.45, 2.75) is 25.3 Å². The minimum absolute atomic E-state index is 0.120. The van der Waals surface area contributed by atoms with Gasteiger partial charge in [0.2, 0.25) is 0 Å². The van der Waals surface area contributed by atoms with Crippen molar-refractivity contribution >= 4 is 23.7 Å². The van der Waals surface area contributed by atoms with E-state index in [-0.39, 0.29) is 17.5 Å². The number of hydrogen-bond donors (Lipinski definition) is 1. The lowest BCUT2D eigenvalue weighted by Gasteiger charge is -2.20. The molecule has 4 rings (SSSR count). The Morgan fingerprint density at radius 2 is 1.66 bits per heavy atom. The van der Waals surface area contributed by atoms with Gasteiger partial charge in [-0.2, -0.15) is 0 Å². The fourth-order valence-electron chi connectivity index (χ4n) is 3.52. The zero-order valence-electron chi connectivity index (χ0n) is 15.9. The summed E-state index contributed by atoms with van der Waals surface area (Å²) in [6.45, 7) is 1.23. The van der Waals surface area contributed by atoms with E-state index in [1.165, 1.54) is 12.1 Å². The predicted molar refractivity (Wildman–Crippen MR) is 103 cm³/mol. The van der Waals surface area contributed by atoms with Crippen LogP contribution >= 0.6 is 0 Å². The number of hydrogen-bond acceptors (Lipinski definition) is 5. The highest BCUT2D eigenvalue weighted by Crippen LogP contribution is 2.42. The molecule has 0 bridgehead atoms. The maximum absolute atomic E-state index is 12.6. The number of carbonyl (C=O) groups is 4. The monoisotopic (exact) mass is 392 g/mol. The number of ketones is 1. The number of esters is 1. The summed E-state index contributed by atoms with van der Waals surface area (Å²) >= 11 is 0. The first kappa shape index (κ1) is 18.9. The Labute approximate surface area is 167 Å². The number of benzene rings is 2. The number of nitrogens with zero attached hydrogens (tertiary/aromatic N) is 1. The molecule has 0 aromatic heterocycles. The standard InChI is InChI=1S/C22H20N2O5/c1-22(16-9-10-16)20(27)24(21(28)23-22)13-18(25)29-17-11-7-15(8-12-17)19(26)14-5-3-2-4-6-14/h2-8,11-12,16H,9-10,13H2,1H3,(H,23,28)/t22-/m1/s1. The number of rotatable bonds is 6. The smallest absolute Gasteiger partial charge is 0.331 e. The summed E-state index contributed by atoms with van der Waals surface area (Å²) < 4.78 is 5.23. The first-order valence-corrected chi connectivity index (χ1v) is 9.43. The molecular formula is C22H20N2O5. The molecule has 1 heterocycles. The second-order valence-electron chi connectivity index (χ2n) is 7.49. The first-order valence-electron chi connectivity index (χ1n) is 9.43. The second-order valence-corrected chi connectivity index (χ2v) is 7.49. The topological polar surface area (TPSA) is 92.8 Å². The van der Waals surface area contributed by atoms with E-state index >= 15 is 0 Å². The van der Waals surface area contributed by atoms with E-state index in [0.717, 1.165) is 17.7 Å². The molecule has 148 valence electrons. The van der Waals surface area contributed by atoms with Crippen molar-refractivity contribution in [1.82, 2.24) is 10.2 Å². The van der Waals surface area contributed by atoms with Crippen LogP contribution in [0.5, 0.6) is 5.75 Å². The molecule has 29 heavy (non-hydrogen) atoms. The Morgan fingerprint density at radius 3 is 2.28 bits per heavy atom. The van der Waals surface area contributed by atoms with Crippen LogP contribution in [0, 0.1) is 5.92 Å². The van der Waals surface area contributed by atoms with Crippen molar-refractivity contribution in [3.8, 4) is 5.75 Å². The Hall–Kier alpha value is -3.48. The highest BCUT2D eigenvalue weighted by molar-refractivity contribution is 6.09. The van der Waals surface area contributed by atoms with Crippen molar-refractivity contribution in [1.29, 1.82) is 0 Å². The Balaban J connectivity index is 1.38. The fraction of sp³-hybridized carbons (Fsp3) is 0.273. The Kier molecular flexibility index (Phi) is 4.66. The molecule has 2 fully saturated rings. The van der Waals surface area contributed by atoms with Crippen molar-refractivity contribution in [3.05, 3.63) is 65.7 Å². The van der Waals surface area contributed by atoms with Crippen molar-refractivity contribution in [3.63, 3.8) is 0 Å². The van der Waals surface area contributed by atoms with Gasteiger partial charge < -0.3 is 10.1 Å². The molecular weight excluding hydrogens is 372 g/mol. The number of ether oxygens (including phenoxy) is 1. The molecule has 1 atom stereocenters. The molecule has 2 aromatic rings. The molecule has 0 spiro atoms. The van der Waals surface area contributed by atoms with Crippen LogP contribution < -0.4 is 10.1 Å². The molecule has 7 heteroatoms. The molecule has 1 saturated heterocycles. The normalized spacial score (nSPS) is 21.1. The van der Waals surface area contributed by atoms with Crippen LogP contribution in [-0.4, -0.2) is 40.7 Å². The molecule has 1 N–H and O–H groups in total. The summed E-state index contributed by atoms with van der Waals surface area (Å²) in [4.78, 5) is 50.2. The highest BCUT2D eigenvalue weighted by atomic mass is 16.5. The van der Waals surface area contributed by atoms with Crippen LogP contribution in [0.2, 0.25) is 0 Å². The van der Waals surface area contributed by atoms with E-state index in [4.69, 9.17) is 4.74 Å². The van der Waals surface area contributed by atoms with Gasteiger partial charge in [-0.1, -0.05) is 30.3 Å². The quantitative estimate of drug-likeness (QED) is 0.353.